The Kier molecular flexibility index (Phi) is 6.41. The third-order valence-electron chi connectivity index (χ3n) is 4.99. The normalized spacial score (nSPS) is 15.5. The second-order valence-electron chi connectivity index (χ2n) is 7.24. The molecule has 0 bridgehead atoms. The summed E-state index contributed by atoms with van der Waals surface area (Å²) < 4.78 is 13.4. The van der Waals surface area contributed by atoms with Crippen molar-refractivity contribution in [3.8, 4) is 0 Å². The third-order valence-corrected chi connectivity index (χ3v) is 5.37. The van der Waals surface area contributed by atoms with Gasteiger partial charge in [-0.25, -0.2) is 9.40 Å². The van der Waals surface area contributed by atoms with Crippen molar-refractivity contribution in [2.75, 3.05) is 10.2 Å². The molecule has 2 N–H and O–H groups in total. The van der Waals surface area contributed by atoms with Crippen LogP contribution in [0.5, 0.6) is 0 Å². The predicted octanol–water partition coefficient (Wildman–Crippen LogP) is 3.50. The molecule has 0 aromatic heterocycles. The number of nitrogens with one attached hydrogen (secondary N) is 2. The van der Waals surface area contributed by atoms with Gasteiger partial charge in [0.2, 0.25) is 11.0 Å². The van der Waals surface area contributed by atoms with Gasteiger partial charge in [-0.15, -0.1) is 0 Å². The van der Waals surface area contributed by atoms with Crippen molar-refractivity contribution in [2.24, 2.45) is 0 Å². The molecule has 1 fully saturated rings. The maximum atomic E-state index is 13.4. The Labute approximate surface area is 194 Å². The number of benzene rings is 3. The molecule has 1 aliphatic heterocycles. The lowest BCUT2D eigenvalue weighted by Gasteiger charge is -2.24. The van der Waals surface area contributed by atoms with Gasteiger partial charge in [0, 0.05) is 11.3 Å². The number of halogens is 1. The molecule has 0 spiro atoms. The number of hydrogen-bond donors (Lipinski definition) is 2. The third kappa shape index (κ3) is 4.88. The highest BCUT2D eigenvalue weighted by Gasteiger charge is 2.45. The number of para-hydroxylation sites is 1. The number of carbonyl (C=O) groups is 3. The molecular weight excluding hydrogens is 443 g/mol. The van der Waals surface area contributed by atoms with Crippen molar-refractivity contribution >= 4 is 46.4 Å². The molecule has 1 saturated heterocycles. The van der Waals surface area contributed by atoms with Crippen molar-refractivity contribution in [1.29, 1.82) is 0 Å². The van der Waals surface area contributed by atoms with Crippen LogP contribution in [0, 0.1) is 5.82 Å². The van der Waals surface area contributed by atoms with Crippen molar-refractivity contribution in [1.82, 2.24) is 10.4 Å². The van der Waals surface area contributed by atoms with E-state index in [1.807, 2.05) is 6.07 Å². The fourth-order valence-electron chi connectivity index (χ4n) is 3.40. The molecule has 9 heteroatoms. The van der Waals surface area contributed by atoms with Gasteiger partial charge in [0.1, 0.15) is 11.9 Å². The Morgan fingerprint density at radius 3 is 2.15 bits per heavy atom. The molecule has 1 atom stereocenters. The van der Waals surface area contributed by atoms with E-state index in [-0.39, 0.29) is 11.5 Å². The van der Waals surface area contributed by atoms with Gasteiger partial charge in [0.05, 0.1) is 12.1 Å². The van der Waals surface area contributed by atoms with E-state index in [2.05, 4.69) is 10.7 Å². The second kappa shape index (κ2) is 9.58. The number of nitrogens with zero attached hydrogens (tertiary/aromatic N) is 2. The summed E-state index contributed by atoms with van der Waals surface area (Å²) >= 11 is 5.47. The standard InChI is InChI=1S/C24H19FN4O3S/c25-17-11-13-19(14-12-17)28-23(32)20(15-21(30)26-18-9-5-2-6-10-18)29(24(28)33)27-22(31)16-7-3-1-4-8-16/h1-14,20H,15H2,(H,26,30)(H,27,31). The molecule has 3 aromatic carbocycles. The minimum absolute atomic E-state index is 0.0200. The number of hydrazine groups is 1. The highest BCUT2D eigenvalue weighted by Crippen LogP contribution is 2.26. The van der Waals surface area contributed by atoms with E-state index in [4.69, 9.17) is 12.2 Å². The molecule has 7 nitrogen and oxygen atoms in total. The van der Waals surface area contributed by atoms with Crippen molar-refractivity contribution in [2.45, 2.75) is 12.5 Å². The van der Waals surface area contributed by atoms with Gasteiger partial charge in [-0.3, -0.25) is 24.7 Å². The van der Waals surface area contributed by atoms with Crippen LogP contribution in [0.25, 0.3) is 0 Å². The molecule has 3 amide bonds. The summed E-state index contributed by atoms with van der Waals surface area (Å²) in [6.07, 6.45) is -0.263. The minimum Gasteiger partial charge on any atom is -0.326 e. The number of rotatable bonds is 6. The summed E-state index contributed by atoms with van der Waals surface area (Å²) in [6.45, 7) is 0. The van der Waals surface area contributed by atoms with Gasteiger partial charge < -0.3 is 5.32 Å². The largest absolute Gasteiger partial charge is 0.326 e. The molecule has 4 rings (SSSR count). The Morgan fingerprint density at radius 1 is 0.909 bits per heavy atom. The highest BCUT2D eigenvalue weighted by molar-refractivity contribution is 7.80. The first-order chi connectivity index (χ1) is 15.9. The monoisotopic (exact) mass is 462 g/mol. The summed E-state index contributed by atoms with van der Waals surface area (Å²) in [5, 5.41) is 3.92. The Balaban J connectivity index is 1.60. The first-order valence-corrected chi connectivity index (χ1v) is 10.5. The molecule has 1 unspecified atom stereocenters. The van der Waals surface area contributed by atoms with E-state index in [9.17, 15) is 18.8 Å². The van der Waals surface area contributed by atoms with Gasteiger partial charge in [-0.05, 0) is 60.7 Å². The maximum absolute atomic E-state index is 13.4. The number of anilines is 2. The van der Waals surface area contributed by atoms with Crippen LogP contribution in [0.15, 0.2) is 84.9 Å². The van der Waals surface area contributed by atoms with Gasteiger partial charge in [-0.2, -0.15) is 0 Å². The molecule has 0 aliphatic carbocycles. The predicted molar refractivity (Wildman–Crippen MR) is 126 cm³/mol. The van der Waals surface area contributed by atoms with Crippen molar-refractivity contribution < 1.29 is 18.8 Å². The Morgan fingerprint density at radius 2 is 1.52 bits per heavy atom. The van der Waals surface area contributed by atoms with Crippen LogP contribution in [0.1, 0.15) is 16.8 Å². The molecule has 3 aromatic rings. The summed E-state index contributed by atoms with van der Waals surface area (Å²) in [4.78, 5) is 39.9. The van der Waals surface area contributed by atoms with E-state index < -0.39 is 29.6 Å². The van der Waals surface area contributed by atoms with Gasteiger partial charge in [0.15, 0.2) is 0 Å². The molecule has 1 heterocycles. The topological polar surface area (TPSA) is 81.8 Å². The lowest BCUT2D eigenvalue weighted by Crippen LogP contribution is -2.49. The number of amides is 3. The quantitative estimate of drug-likeness (QED) is 0.548. The lowest BCUT2D eigenvalue weighted by atomic mass is 10.1. The van der Waals surface area contributed by atoms with Crippen LogP contribution in [0.2, 0.25) is 0 Å². The number of hydrogen-bond acceptors (Lipinski definition) is 4. The zero-order valence-corrected chi connectivity index (χ0v) is 18.1. The molecular formula is C24H19FN4O3S. The van der Waals surface area contributed by atoms with Crippen LogP contribution < -0.4 is 15.6 Å². The smallest absolute Gasteiger partial charge is 0.269 e. The van der Waals surface area contributed by atoms with Crippen molar-refractivity contribution in [3.05, 3.63) is 96.3 Å². The van der Waals surface area contributed by atoms with Crippen LogP contribution in [0.3, 0.4) is 0 Å². The average molecular weight is 463 g/mol. The summed E-state index contributed by atoms with van der Waals surface area (Å²) in [5.74, 6) is -1.89. The summed E-state index contributed by atoms with van der Waals surface area (Å²) in [6, 6.07) is 21.3. The molecule has 1 aliphatic rings. The van der Waals surface area contributed by atoms with Crippen LogP contribution in [-0.2, 0) is 9.59 Å². The molecule has 33 heavy (non-hydrogen) atoms. The zero-order valence-electron chi connectivity index (χ0n) is 17.3. The fraction of sp³-hybridized carbons (Fsp3) is 0.0833. The van der Waals surface area contributed by atoms with Crippen LogP contribution in [-0.4, -0.2) is 33.9 Å². The highest BCUT2D eigenvalue weighted by atomic mass is 32.1. The number of thiocarbonyl (C=S) groups is 1. The lowest BCUT2D eigenvalue weighted by molar-refractivity contribution is -0.124. The SMILES string of the molecule is O=C(CC1C(=O)N(c2ccc(F)cc2)C(=S)N1NC(=O)c1ccccc1)Nc1ccccc1. The first-order valence-electron chi connectivity index (χ1n) is 10.1. The van der Waals surface area contributed by atoms with Crippen LogP contribution >= 0.6 is 12.2 Å². The molecule has 0 radical (unpaired) electrons. The van der Waals surface area contributed by atoms with Crippen molar-refractivity contribution in [3.63, 3.8) is 0 Å². The second-order valence-corrected chi connectivity index (χ2v) is 7.61. The zero-order chi connectivity index (χ0) is 23.4. The average Bonchev–Trinajstić information content (AvgIpc) is 3.05. The van der Waals surface area contributed by atoms with Gasteiger partial charge >= 0.3 is 0 Å². The van der Waals surface area contributed by atoms with E-state index in [1.54, 1.807) is 54.6 Å². The first kappa shape index (κ1) is 22.1. The van der Waals surface area contributed by atoms with E-state index >= 15 is 0 Å². The van der Waals surface area contributed by atoms with E-state index in [1.165, 1.54) is 34.2 Å². The molecule has 0 saturated carbocycles. The Bertz CT molecular complexity index is 1190. The molecule has 166 valence electrons. The van der Waals surface area contributed by atoms with Gasteiger partial charge in [-0.1, -0.05) is 36.4 Å². The van der Waals surface area contributed by atoms with E-state index in [0.29, 0.717) is 16.9 Å². The van der Waals surface area contributed by atoms with Gasteiger partial charge in [0.25, 0.3) is 11.8 Å². The summed E-state index contributed by atoms with van der Waals surface area (Å²) in [5.41, 5.74) is 3.91. The number of carbonyl (C=O) groups excluding carboxylic acids is 3. The van der Waals surface area contributed by atoms with Crippen LogP contribution in [0.4, 0.5) is 15.8 Å². The summed E-state index contributed by atoms with van der Waals surface area (Å²) in [7, 11) is 0. The fourth-order valence-corrected chi connectivity index (χ4v) is 3.77. The minimum atomic E-state index is -1.08. The van der Waals surface area contributed by atoms with E-state index in [0.717, 1.165) is 0 Å². The maximum Gasteiger partial charge on any atom is 0.269 e. The Hall–Kier alpha value is -4.11.